The number of carbonyl (C=O) groups is 1. The molecule has 1 aliphatic heterocycles. The SMILES string of the molecule is CCCn1cc(C(=O)N(Cc2ccccc2)C(C)C)c(S(=O)(=O)N2CCN(c3cccc(Cl)c3)CC2)n1. The second-order valence-corrected chi connectivity index (χ2v) is 11.8. The lowest BCUT2D eigenvalue weighted by molar-refractivity contribution is 0.0686. The van der Waals surface area contributed by atoms with Gasteiger partial charge in [-0.1, -0.05) is 54.9 Å². The summed E-state index contributed by atoms with van der Waals surface area (Å²) in [7, 11) is -3.98. The first-order chi connectivity index (χ1) is 17.7. The zero-order valence-corrected chi connectivity index (χ0v) is 23.1. The largest absolute Gasteiger partial charge is 0.369 e. The van der Waals surface area contributed by atoms with Gasteiger partial charge < -0.3 is 9.80 Å². The van der Waals surface area contributed by atoms with Crippen molar-refractivity contribution in [1.82, 2.24) is 19.0 Å². The third-order valence-corrected chi connectivity index (χ3v) is 8.56. The summed E-state index contributed by atoms with van der Waals surface area (Å²) in [6, 6.07) is 17.1. The Morgan fingerprint density at radius 1 is 1.05 bits per heavy atom. The number of aryl methyl sites for hydroxylation is 1. The quantitative estimate of drug-likeness (QED) is 0.397. The maximum Gasteiger partial charge on any atom is 0.263 e. The van der Waals surface area contributed by atoms with Gasteiger partial charge in [0.1, 0.15) is 0 Å². The molecule has 0 spiro atoms. The van der Waals surface area contributed by atoms with Gasteiger partial charge in [-0.25, -0.2) is 8.42 Å². The lowest BCUT2D eigenvalue weighted by atomic mass is 10.1. The molecular formula is C27H34ClN5O3S. The van der Waals surface area contributed by atoms with Crippen molar-refractivity contribution in [3.05, 3.63) is 76.9 Å². The number of hydrogen-bond donors (Lipinski definition) is 0. The molecule has 1 fully saturated rings. The highest BCUT2D eigenvalue weighted by atomic mass is 35.5. The van der Waals surface area contributed by atoms with Crippen LogP contribution in [0, 0.1) is 0 Å². The Hall–Kier alpha value is -2.88. The molecule has 1 aromatic heterocycles. The molecule has 0 bridgehead atoms. The number of piperazine rings is 1. The van der Waals surface area contributed by atoms with Gasteiger partial charge in [-0.3, -0.25) is 9.48 Å². The summed E-state index contributed by atoms with van der Waals surface area (Å²) in [5, 5.41) is 4.89. The maximum absolute atomic E-state index is 13.8. The second-order valence-electron chi connectivity index (χ2n) is 9.49. The van der Waals surface area contributed by atoms with Crippen molar-refractivity contribution >= 4 is 33.2 Å². The molecule has 4 rings (SSSR count). The van der Waals surface area contributed by atoms with E-state index in [2.05, 4.69) is 10.00 Å². The maximum atomic E-state index is 13.8. The van der Waals surface area contributed by atoms with Crippen LogP contribution in [-0.4, -0.2) is 65.5 Å². The van der Waals surface area contributed by atoms with Gasteiger partial charge in [0.15, 0.2) is 0 Å². The van der Waals surface area contributed by atoms with Crippen molar-refractivity contribution in [2.45, 2.75) is 51.3 Å². The Kier molecular flexibility index (Phi) is 8.56. The molecule has 1 amide bonds. The Bertz CT molecular complexity index is 1320. The van der Waals surface area contributed by atoms with Crippen molar-refractivity contribution in [2.75, 3.05) is 31.1 Å². The van der Waals surface area contributed by atoms with Crippen LogP contribution >= 0.6 is 11.6 Å². The molecule has 0 atom stereocenters. The number of amides is 1. The molecule has 8 nitrogen and oxygen atoms in total. The number of halogens is 1. The molecule has 3 aromatic rings. The predicted octanol–water partition coefficient (Wildman–Crippen LogP) is 4.51. The van der Waals surface area contributed by atoms with Crippen molar-refractivity contribution in [3.8, 4) is 0 Å². The zero-order chi connectivity index (χ0) is 26.6. The summed E-state index contributed by atoms with van der Waals surface area (Å²) < 4.78 is 30.6. The van der Waals surface area contributed by atoms with E-state index in [1.165, 1.54) is 4.31 Å². The first kappa shape index (κ1) is 27.2. The van der Waals surface area contributed by atoms with Gasteiger partial charge in [0.25, 0.3) is 15.9 Å². The minimum absolute atomic E-state index is 0.121. The molecule has 2 heterocycles. The van der Waals surface area contributed by atoms with Crippen LogP contribution in [-0.2, 0) is 23.1 Å². The van der Waals surface area contributed by atoms with E-state index < -0.39 is 10.0 Å². The summed E-state index contributed by atoms with van der Waals surface area (Å²) >= 11 is 6.14. The summed E-state index contributed by atoms with van der Waals surface area (Å²) in [5.74, 6) is -0.336. The number of aromatic nitrogens is 2. The summed E-state index contributed by atoms with van der Waals surface area (Å²) in [5.41, 5.74) is 2.06. The van der Waals surface area contributed by atoms with Crippen LogP contribution < -0.4 is 4.90 Å². The van der Waals surface area contributed by atoms with E-state index in [0.717, 1.165) is 17.7 Å². The van der Waals surface area contributed by atoms with Crippen molar-refractivity contribution < 1.29 is 13.2 Å². The van der Waals surface area contributed by atoms with Gasteiger partial charge in [0, 0.05) is 62.2 Å². The van der Waals surface area contributed by atoms with Gasteiger partial charge in [-0.15, -0.1) is 0 Å². The van der Waals surface area contributed by atoms with Crippen LogP contribution in [0.2, 0.25) is 5.02 Å². The molecule has 1 aliphatic rings. The fourth-order valence-electron chi connectivity index (χ4n) is 4.49. The number of hydrogen-bond acceptors (Lipinski definition) is 5. The monoisotopic (exact) mass is 543 g/mol. The summed E-state index contributed by atoms with van der Waals surface area (Å²) in [4.78, 5) is 17.6. The third-order valence-electron chi connectivity index (χ3n) is 6.49. The standard InChI is InChI=1S/C27H34ClN5O3S/c1-4-13-31-20-25(27(34)33(21(2)3)19-22-9-6-5-7-10-22)26(29-31)37(35,36)32-16-14-30(15-17-32)24-12-8-11-23(28)18-24/h5-12,18,20-21H,4,13-17,19H2,1-3H3. The van der Waals surface area contributed by atoms with Gasteiger partial charge in [-0.05, 0) is 44.0 Å². The summed E-state index contributed by atoms with van der Waals surface area (Å²) in [6.45, 7) is 8.38. The number of nitrogens with zero attached hydrogens (tertiary/aromatic N) is 5. The molecular weight excluding hydrogens is 510 g/mol. The van der Waals surface area contributed by atoms with Gasteiger partial charge in [0.05, 0.1) is 5.56 Å². The van der Waals surface area contributed by atoms with Crippen molar-refractivity contribution in [2.24, 2.45) is 0 Å². The zero-order valence-electron chi connectivity index (χ0n) is 21.5. The Morgan fingerprint density at radius 2 is 1.76 bits per heavy atom. The van der Waals surface area contributed by atoms with E-state index in [0.29, 0.717) is 44.3 Å². The molecule has 0 aliphatic carbocycles. The number of carbonyl (C=O) groups excluding carboxylic acids is 1. The fourth-order valence-corrected chi connectivity index (χ4v) is 6.19. The van der Waals surface area contributed by atoms with E-state index in [1.54, 1.807) is 15.8 Å². The average Bonchev–Trinajstić information content (AvgIpc) is 3.32. The van der Waals surface area contributed by atoms with Gasteiger partial charge in [-0.2, -0.15) is 9.40 Å². The highest BCUT2D eigenvalue weighted by Gasteiger charge is 2.36. The molecule has 37 heavy (non-hydrogen) atoms. The van der Waals surface area contributed by atoms with Crippen LogP contribution in [0.1, 0.15) is 43.1 Å². The van der Waals surface area contributed by atoms with Crippen LogP contribution in [0.4, 0.5) is 5.69 Å². The minimum atomic E-state index is -3.98. The highest BCUT2D eigenvalue weighted by molar-refractivity contribution is 7.89. The van der Waals surface area contributed by atoms with E-state index in [4.69, 9.17) is 11.6 Å². The van der Waals surface area contributed by atoms with Crippen LogP contribution in [0.5, 0.6) is 0 Å². The van der Waals surface area contributed by atoms with Crippen LogP contribution in [0.3, 0.4) is 0 Å². The van der Waals surface area contributed by atoms with Crippen LogP contribution in [0.25, 0.3) is 0 Å². The molecule has 1 saturated heterocycles. The van der Waals surface area contributed by atoms with Crippen molar-refractivity contribution in [3.63, 3.8) is 0 Å². The number of sulfonamides is 1. The smallest absolute Gasteiger partial charge is 0.263 e. The Labute approximate surface area is 224 Å². The predicted molar refractivity (Wildman–Crippen MR) is 146 cm³/mol. The minimum Gasteiger partial charge on any atom is -0.369 e. The van der Waals surface area contributed by atoms with Crippen LogP contribution in [0.15, 0.2) is 65.8 Å². The molecule has 0 N–H and O–H groups in total. The van der Waals surface area contributed by atoms with E-state index in [-0.39, 0.29) is 22.5 Å². The fraction of sp³-hybridized carbons (Fsp3) is 0.407. The molecule has 0 unspecified atom stereocenters. The lowest BCUT2D eigenvalue weighted by Gasteiger charge is -2.35. The first-order valence-corrected chi connectivity index (χ1v) is 14.5. The number of anilines is 1. The van der Waals surface area contributed by atoms with E-state index in [9.17, 15) is 13.2 Å². The normalized spacial score (nSPS) is 14.8. The summed E-state index contributed by atoms with van der Waals surface area (Å²) in [6.07, 6.45) is 2.35. The average molecular weight is 544 g/mol. The van der Waals surface area contributed by atoms with Gasteiger partial charge >= 0.3 is 0 Å². The second kappa shape index (κ2) is 11.7. The Morgan fingerprint density at radius 3 is 2.38 bits per heavy atom. The molecule has 0 radical (unpaired) electrons. The highest BCUT2D eigenvalue weighted by Crippen LogP contribution is 2.26. The first-order valence-electron chi connectivity index (χ1n) is 12.6. The number of benzene rings is 2. The van der Waals surface area contributed by atoms with E-state index >= 15 is 0 Å². The van der Waals surface area contributed by atoms with Gasteiger partial charge in [0.2, 0.25) is 5.03 Å². The molecule has 10 heteroatoms. The molecule has 0 saturated carbocycles. The molecule has 198 valence electrons. The van der Waals surface area contributed by atoms with Crippen molar-refractivity contribution in [1.29, 1.82) is 0 Å². The number of rotatable bonds is 9. The Balaban J connectivity index is 1.60. The third kappa shape index (κ3) is 6.17. The van der Waals surface area contributed by atoms with E-state index in [1.807, 2.05) is 75.4 Å². The topological polar surface area (TPSA) is 78.8 Å². The molecule has 2 aromatic carbocycles. The lowest BCUT2D eigenvalue weighted by Crippen LogP contribution is -2.49.